The Hall–Kier alpha value is -2.35. The van der Waals surface area contributed by atoms with E-state index in [1.807, 2.05) is 49.3 Å². The quantitative estimate of drug-likeness (QED) is 0.668. The average Bonchev–Trinajstić information content (AvgIpc) is 2.65. The molecule has 1 saturated carbocycles. The number of hydrogen-bond acceptors (Lipinski definition) is 5. The summed E-state index contributed by atoms with van der Waals surface area (Å²) in [5.74, 6) is 1.54. The molecule has 0 aliphatic heterocycles. The Morgan fingerprint density at radius 2 is 1.81 bits per heavy atom. The number of nitrogens with one attached hydrogen (secondary N) is 3. The van der Waals surface area contributed by atoms with Crippen LogP contribution in [0.25, 0.3) is 0 Å². The van der Waals surface area contributed by atoms with Crippen LogP contribution >= 0.6 is 15.9 Å². The van der Waals surface area contributed by atoms with Crippen molar-refractivity contribution in [2.45, 2.75) is 37.8 Å². The highest BCUT2D eigenvalue weighted by molar-refractivity contribution is 9.10. The van der Waals surface area contributed by atoms with E-state index in [4.69, 9.17) is 0 Å². The molecule has 144 valence electrons. The molecule has 0 spiro atoms. The summed E-state index contributed by atoms with van der Waals surface area (Å²) in [5.41, 5.74) is 0.767. The van der Waals surface area contributed by atoms with Crippen molar-refractivity contribution in [2.24, 2.45) is 0 Å². The summed E-state index contributed by atoms with van der Waals surface area (Å²) in [5, 5.41) is 9.37. The molecule has 8 heteroatoms. The lowest BCUT2D eigenvalue weighted by atomic mass is 9.91. The fraction of sp³-hybridized carbons (Fsp3) is 0.421. The molecule has 27 heavy (non-hydrogen) atoms. The Bertz CT molecular complexity index is 776. The van der Waals surface area contributed by atoms with E-state index in [2.05, 4.69) is 41.8 Å². The standard InChI is InChI=1S/C19H25BrN6O/c1-26(2)17-11-12-21-18(25-17)22-13-7-9-14(10-8-13)23-19(27)24-16-6-4-3-5-15(16)20/h3-6,11-14H,7-10H2,1-2H3,(H,21,22,25)(H2,23,24,27)/t13-,14+. The summed E-state index contributed by atoms with van der Waals surface area (Å²) in [4.78, 5) is 23.0. The van der Waals surface area contributed by atoms with Crippen molar-refractivity contribution in [3.05, 3.63) is 41.0 Å². The van der Waals surface area contributed by atoms with Gasteiger partial charge in [0.1, 0.15) is 5.82 Å². The van der Waals surface area contributed by atoms with Crippen LogP contribution in [0.3, 0.4) is 0 Å². The molecule has 1 aromatic carbocycles. The zero-order valence-electron chi connectivity index (χ0n) is 15.6. The van der Waals surface area contributed by atoms with Crippen LogP contribution < -0.4 is 20.9 Å². The van der Waals surface area contributed by atoms with Gasteiger partial charge in [0.05, 0.1) is 5.69 Å². The highest BCUT2D eigenvalue weighted by Crippen LogP contribution is 2.23. The molecule has 0 saturated heterocycles. The molecule has 3 N–H and O–H groups in total. The zero-order chi connectivity index (χ0) is 19.2. The van der Waals surface area contributed by atoms with Crippen LogP contribution in [0.5, 0.6) is 0 Å². The largest absolute Gasteiger partial charge is 0.363 e. The fourth-order valence-corrected chi connectivity index (χ4v) is 3.52. The van der Waals surface area contributed by atoms with Crippen LogP contribution in [-0.4, -0.2) is 42.2 Å². The van der Waals surface area contributed by atoms with Crippen molar-refractivity contribution in [1.29, 1.82) is 0 Å². The van der Waals surface area contributed by atoms with Gasteiger partial charge in [0.25, 0.3) is 0 Å². The monoisotopic (exact) mass is 432 g/mol. The van der Waals surface area contributed by atoms with Crippen LogP contribution in [0.4, 0.5) is 22.2 Å². The molecule has 0 bridgehead atoms. The smallest absolute Gasteiger partial charge is 0.319 e. The normalized spacial score (nSPS) is 19.2. The summed E-state index contributed by atoms with van der Waals surface area (Å²) >= 11 is 3.44. The molecule has 0 radical (unpaired) electrons. The predicted molar refractivity (Wildman–Crippen MR) is 112 cm³/mol. The van der Waals surface area contributed by atoms with Crippen molar-refractivity contribution < 1.29 is 4.79 Å². The molecule has 3 rings (SSSR count). The van der Waals surface area contributed by atoms with Gasteiger partial charge in [0, 0.05) is 36.8 Å². The Balaban J connectivity index is 1.45. The number of para-hydroxylation sites is 1. The molecular weight excluding hydrogens is 408 g/mol. The first-order valence-corrected chi connectivity index (χ1v) is 9.89. The van der Waals surface area contributed by atoms with E-state index in [-0.39, 0.29) is 12.1 Å². The van der Waals surface area contributed by atoms with E-state index in [1.54, 1.807) is 6.20 Å². The van der Waals surface area contributed by atoms with Gasteiger partial charge in [0.15, 0.2) is 0 Å². The first-order chi connectivity index (χ1) is 13.0. The third kappa shape index (κ3) is 5.56. The number of anilines is 3. The van der Waals surface area contributed by atoms with Gasteiger partial charge in [-0.15, -0.1) is 0 Å². The molecule has 1 aliphatic carbocycles. The Morgan fingerprint density at radius 1 is 1.11 bits per heavy atom. The van der Waals surface area contributed by atoms with Gasteiger partial charge in [0.2, 0.25) is 5.95 Å². The average molecular weight is 433 g/mol. The number of amides is 2. The zero-order valence-corrected chi connectivity index (χ0v) is 17.2. The summed E-state index contributed by atoms with van der Waals surface area (Å²) in [7, 11) is 3.92. The number of halogens is 1. The van der Waals surface area contributed by atoms with Crippen molar-refractivity contribution in [3.63, 3.8) is 0 Å². The molecule has 0 unspecified atom stereocenters. The van der Waals surface area contributed by atoms with Gasteiger partial charge in [-0.3, -0.25) is 0 Å². The number of carbonyl (C=O) groups is 1. The van der Waals surface area contributed by atoms with Crippen LogP contribution in [-0.2, 0) is 0 Å². The number of rotatable bonds is 5. The Kier molecular flexibility index (Phi) is 6.49. The van der Waals surface area contributed by atoms with Crippen molar-refractivity contribution in [3.8, 4) is 0 Å². The maximum absolute atomic E-state index is 12.2. The van der Waals surface area contributed by atoms with Crippen LogP contribution in [0.2, 0.25) is 0 Å². The second kappa shape index (κ2) is 9.03. The molecule has 0 atom stereocenters. The van der Waals surface area contributed by atoms with Crippen molar-refractivity contribution >= 4 is 39.4 Å². The van der Waals surface area contributed by atoms with Gasteiger partial charge in [-0.2, -0.15) is 4.98 Å². The van der Waals surface area contributed by atoms with Gasteiger partial charge in [-0.05, 0) is 59.8 Å². The van der Waals surface area contributed by atoms with E-state index in [1.165, 1.54) is 0 Å². The molecular formula is C19H25BrN6O. The molecule has 2 aromatic rings. The number of urea groups is 1. The third-order valence-corrected chi connectivity index (χ3v) is 5.31. The van der Waals surface area contributed by atoms with Gasteiger partial charge in [-0.1, -0.05) is 12.1 Å². The maximum Gasteiger partial charge on any atom is 0.319 e. The third-order valence-electron chi connectivity index (χ3n) is 4.62. The lowest BCUT2D eigenvalue weighted by Crippen LogP contribution is -2.42. The summed E-state index contributed by atoms with van der Waals surface area (Å²) in [6.45, 7) is 0. The summed E-state index contributed by atoms with van der Waals surface area (Å²) in [6, 6.07) is 9.80. The molecule has 1 aliphatic rings. The lowest BCUT2D eigenvalue weighted by molar-refractivity contribution is 0.243. The summed E-state index contributed by atoms with van der Waals surface area (Å²) < 4.78 is 0.869. The van der Waals surface area contributed by atoms with Crippen LogP contribution in [0, 0.1) is 0 Å². The minimum atomic E-state index is -0.166. The van der Waals surface area contributed by atoms with Crippen LogP contribution in [0.1, 0.15) is 25.7 Å². The number of benzene rings is 1. The van der Waals surface area contributed by atoms with Gasteiger partial charge >= 0.3 is 6.03 Å². The van der Waals surface area contributed by atoms with Crippen molar-refractivity contribution in [2.75, 3.05) is 29.6 Å². The van der Waals surface area contributed by atoms with Gasteiger partial charge in [-0.25, -0.2) is 9.78 Å². The van der Waals surface area contributed by atoms with E-state index >= 15 is 0 Å². The first-order valence-electron chi connectivity index (χ1n) is 9.10. The minimum Gasteiger partial charge on any atom is -0.363 e. The maximum atomic E-state index is 12.2. The highest BCUT2D eigenvalue weighted by Gasteiger charge is 2.23. The number of aromatic nitrogens is 2. The number of nitrogens with zero attached hydrogens (tertiary/aromatic N) is 3. The molecule has 1 heterocycles. The molecule has 1 aromatic heterocycles. The number of hydrogen-bond donors (Lipinski definition) is 3. The first kappa shape index (κ1) is 19.4. The van der Waals surface area contributed by atoms with Crippen molar-refractivity contribution in [1.82, 2.24) is 15.3 Å². The van der Waals surface area contributed by atoms with E-state index in [9.17, 15) is 4.79 Å². The molecule has 7 nitrogen and oxygen atoms in total. The second-order valence-electron chi connectivity index (χ2n) is 6.90. The SMILES string of the molecule is CN(C)c1ccnc(N[C@H]2CC[C@@H](NC(=O)Nc3ccccc3Br)CC2)n1. The van der Waals surface area contributed by atoms with Gasteiger partial charge < -0.3 is 20.9 Å². The predicted octanol–water partition coefficient (Wildman–Crippen LogP) is 3.85. The molecule has 1 fully saturated rings. The minimum absolute atomic E-state index is 0.166. The molecule has 2 amide bonds. The fourth-order valence-electron chi connectivity index (χ4n) is 3.14. The summed E-state index contributed by atoms with van der Waals surface area (Å²) in [6.07, 6.45) is 5.55. The Morgan fingerprint density at radius 3 is 2.52 bits per heavy atom. The Labute approximate surface area is 168 Å². The van der Waals surface area contributed by atoms with E-state index < -0.39 is 0 Å². The number of carbonyl (C=O) groups excluding carboxylic acids is 1. The highest BCUT2D eigenvalue weighted by atomic mass is 79.9. The van der Waals surface area contributed by atoms with Crippen LogP contribution in [0.15, 0.2) is 41.0 Å². The lowest BCUT2D eigenvalue weighted by Gasteiger charge is -2.29. The van der Waals surface area contributed by atoms with E-state index in [0.29, 0.717) is 12.0 Å². The topological polar surface area (TPSA) is 82.2 Å². The second-order valence-corrected chi connectivity index (χ2v) is 7.76. The van der Waals surface area contributed by atoms with E-state index in [0.717, 1.165) is 41.7 Å².